The summed E-state index contributed by atoms with van der Waals surface area (Å²) in [5.41, 5.74) is 0. The zero-order valence-electron chi connectivity index (χ0n) is 14.8. The molecule has 2 aromatic heterocycles. The van der Waals surface area contributed by atoms with Crippen molar-refractivity contribution in [1.82, 2.24) is 20.2 Å². The molecule has 0 unspecified atom stereocenters. The lowest BCUT2D eigenvalue weighted by atomic mass is 10.3. The molecule has 138 valence electrons. The van der Waals surface area contributed by atoms with Crippen molar-refractivity contribution in [3.05, 3.63) is 17.3 Å². The summed E-state index contributed by atoms with van der Waals surface area (Å²) in [5.74, 6) is 2.50. The van der Waals surface area contributed by atoms with Crippen LogP contribution in [-0.2, 0) is 4.74 Å². The monoisotopic (exact) mass is 373 g/mol. The van der Waals surface area contributed by atoms with Crippen LogP contribution in [0.4, 0.5) is 16.9 Å². The molecule has 0 spiro atoms. The van der Waals surface area contributed by atoms with Crippen LogP contribution in [0.25, 0.3) is 0 Å². The minimum Gasteiger partial charge on any atom is -0.378 e. The Balaban J connectivity index is 1.23. The molecule has 0 atom stereocenters. The van der Waals surface area contributed by atoms with Crippen LogP contribution >= 0.6 is 11.3 Å². The topological polar surface area (TPSA) is 70.5 Å². The highest BCUT2D eigenvalue weighted by Gasteiger charge is 2.29. The third kappa shape index (κ3) is 3.33. The third-order valence-corrected chi connectivity index (χ3v) is 6.30. The molecule has 2 aliphatic heterocycles. The zero-order valence-corrected chi connectivity index (χ0v) is 15.6. The summed E-state index contributed by atoms with van der Waals surface area (Å²) in [6.07, 6.45) is 4.42. The molecule has 8 nitrogen and oxygen atoms in total. The molecular formula is C17H23N7OS. The van der Waals surface area contributed by atoms with Gasteiger partial charge in [-0.3, -0.25) is 0 Å². The summed E-state index contributed by atoms with van der Waals surface area (Å²) in [5, 5.41) is 11.0. The quantitative estimate of drug-likeness (QED) is 0.796. The Morgan fingerprint density at radius 2 is 1.69 bits per heavy atom. The number of nitrogens with zero attached hydrogens (tertiary/aromatic N) is 7. The van der Waals surface area contributed by atoms with E-state index in [9.17, 15) is 0 Å². The molecule has 2 saturated heterocycles. The normalized spacial score (nSPS) is 21.3. The minimum absolute atomic E-state index is 0.680. The second kappa shape index (κ2) is 6.96. The Bertz CT molecular complexity index is 751. The second-order valence-corrected chi connectivity index (χ2v) is 7.97. The fourth-order valence-electron chi connectivity index (χ4n) is 3.41. The highest BCUT2D eigenvalue weighted by atomic mass is 32.1. The molecule has 2 aromatic rings. The van der Waals surface area contributed by atoms with Crippen molar-refractivity contribution in [2.45, 2.75) is 18.8 Å². The third-order valence-electron chi connectivity index (χ3n) is 5.15. The van der Waals surface area contributed by atoms with Crippen LogP contribution in [0.15, 0.2) is 12.3 Å². The summed E-state index contributed by atoms with van der Waals surface area (Å²) >= 11 is 1.76. The number of aromatic nitrogens is 4. The van der Waals surface area contributed by atoms with Gasteiger partial charge in [0.25, 0.3) is 0 Å². The Hall–Kier alpha value is -2.00. The first kappa shape index (κ1) is 16.2. The van der Waals surface area contributed by atoms with E-state index in [2.05, 4.69) is 29.9 Å². The summed E-state index contributed by atoms with van der Waals surface area (Å²) in [7, 11) is 0. The molecule has 0 N–H and O–H groups in total. The Morgan fingerprint density at radius 3 is 2.46 bits per heavy atom. The van der Waals surface area contributed by atoms with E-state index in [0.29, 0.717) is 5.92 Å². The van der Waals surface area contributed by atoms with E-state index in [0.717, 1.165) is 69.4 Å². The molecule has 4 heterocycles. The van der Waals surface area contributed by atoms with Crippen LogP contribution in [0.3, 0.4) is 0 Å². The second-order valence-electron chi connectivity index (χ2n) is 6.99. The summed E-state index contributed by atoms with van der Waals surface area (Å²) in [6, 6.07) is 1.99. The van der Waals surface area contributed by atoms with Gasteiger partial charge in [0.15, 0.2) is 0 Å². The van der Waals surface area contributed by atoms with Gasteiger partial charge in [-0.2, -0.15) is 4.98 Å². The lowest BCUT2D eigenvalue weighted by Crippen LogP contribution is -2.47. The predicted octanol–water partition coefficient (Wildman–Crippen LogP) is 1.37. The number of rotatable bonds is 4. The average molecular weight is 373 g/mol. The Labute approximate surface area is 156 Å². The molecule has 0 radical (unpaired) electrons. The summed E-state index contributed by atoms with van der Waals surface area (Å²) in [6.45, 7) is 7.01. The van der Waals surface area contributed by atoms with E-state index in [4.69, 9.17) is 9.72 Å². The Kier molecular flexibility index (Phi) is 4.33. The maximum atomic E-state index is 5.43. The van der Waals surface area contributed by atoms with Crippen molar-refractivity contribution < 1.29 is 4.74 Å². The number of hydrogen-bond donors (Lipinski definition) is 0. The molecule has 0 bridgehead atoms. The van der Waals surface area contributed by atoms with E-state index in [1.54, 1.807) is 11.3 Å². The number of hydrogen-bond acceptors (Lipinski definition) is 9. The van der Waals surface area contributed by atoms with Crippen LogP contribution in [0.2, 0.25) is 0 Å². The van der Waals surface area contributed by atoms with Crippen LogP contribution < -0.4 is 14.7 Å². The van der Waals surface area contributed by atoms with Gasteiger partial charge >= 0.3 is 0 Å². The highest BCUT2D eigenvalue weighted by molar-refractivity contribution is 7.15. The lowest BCUT2D eigenvalue weighted by molar-refractivity contribution is 0.122. The number of ether oxygens (including phenoxy) is 1. The summed E-state index contributed by atoms with van der Waals surface area (Å²) in [4.78, 5) is 16.2. The molecule has 9 heteroatoms. The van der Waals surface area contributed by atoms with E-state index in [1.807, 2.05) is 12.3 Å². The fourth-order valence-corrected chi connectivity index (χ4v) is 4.47. The van der Waals surface area contributed by atoms with Gasteiger partial charge in [0.2, 0.25) is 11.1 Å². The maximum absolute atomic E-state index is 5.43. The molecular weight excluding hydrogens is 350 g/mol. The molecule has 0 aromatic carbocycles. The van der Waals surface area contributed by atoms with E-state index in [-0.39, 0.29) is 0 Å². The largest absolute Gasteiger partial charge is 0.378 e. The molecule has 0 amide bonds. The number of anilines is 3. The van der Waals surface area contributed by atoms with Gasteiger partial charge in [-0.05, 0) is 18.9 Å². The van der Waals surface area contributed by atoms with Crippen molar-refractivity contribution in [2.75, 3.05) is 67.2 Å². The van der Waals surface area contributed by atoms with E-state index < -0.39 is 0 Å². The first-order chi connectivity index (χ1) is 12.9. The Morgan fingerprint density at radius 1 is 0.923 bits per heavy atom. The number of piperazine rings is 1. The van der Waals surface area contributed by atoms with Gasteiger partial charge in [0.05, 0.1) is 13.2 Å². The van der Waals surface area contributed by atoms with Gasteiger partial charge in [-0.1, -0.05) is 11.3 Å². The average Bonchev–Trinajstić information content (AvgIpc) is 3.46. The fraction of sp³-hybridized carbons (Fsp3) is 0.647. The molecule has 5 rings (SSSR count). The predicted molar refractivity (Wildman–Crippen MR) is 101 cm³/mol. The zero-order chi connectivity index (χ0) is 17.3. The van der Waals surface area contributed by atoms with Crippen molar-refractivity contribution in [3.8, 4) is 0 Å². The first-order valence-electron chi connectivity index (χ1n) is 9.36. The molecule has 1 aliphatic carbocycles. The van der Waals surface area contributed by atoms with Crippen LogP contribution in [0.1, 0.15) is 23.8 Å². The van der Waals surface area contributed by atoms with Gasteiger partial charge in [-0.15, -0.1) is 10.2 Å². The molecule has 3 aliphatic rings. The van der Waals surface area contributed by atoms with Crippen molar-refractivity contribution >= 4 is 28.2 Å². The molecule has 1 saturated carbocycles. The van der Waals surface area contributed by atoms with Gasteiger partial charge in [0, 0.05) is 51.4 Å². The van der Waals surface area contributed by atoms with E-state index in [1.165, 1.54) is 17.8 Å². The van der Waals surface area contributed by atoms with Crippen LogP contribution in [0, 0.1) is 0 Å². The lowest BCUT2D eigenvalue weighted by Gasteiger charge is -2.35. The minimum atomic E-state index is 0.680. The van der Waals surface area contributed by atoms with Crippen molar-refractivity contribution in [1.29, 1.82) is 0 Å². The smallest absolute Gasteiger partial charge is 0.227 e. The van der Waals surface area contributed by atoms with Gasteiger partial charge in [-0.25, -0.2) is 4.98 Å². The van der Waals surface area contributed by atoms with E-state index >= 15 is 0 Å². The maximum Gasteiger partial charge on any atom is 0.227 e. The SMILES string of the molecule is c1cc(N2CCOCC2)nc(N2CCN(c3nnc(C4CC4)s3)CC2)n1. The molecule has 3 fully saturated rings. The highest BCUT2D eigenvalue weighted by Crippen LogP contribution is 2.42. The van der Waals surface area contributed by atoms with Crippen molar-refractivity contribution in [3.63, 3.8) is 0 Å². The van der Waals surface area contributed by atoms with Crippen molar-refractivity contribution in [2.24, 2.45) is 0 Å². The summed E-state index contributed by atoms with van der Waals surface area (Å²) < 4.78 is 5.43. The van der Waals surface area contributed by atoms with Crippen LogP contribution in [0.5, 0.6) is 0 Å². The van der Waals surface area contributed by atoms with Gasteiger partial charge < -0.3 is 19.4 Å². The number of morpholine rings is 1. The van der Waals surface area contributed by atoms with Crippen LogP contribution in [-0.4, -0.2) is 72.6 Å². The standard InChI is InChI=1S/C17H23N7OS/c1-2-13(1)15-20-21-17(26-15)24-7-5-23(6-8-24)16-18-4-3-14(19-16)22-9-11-25-12-10-22/h3-4,13H,1-2,5-12H2. The molecule has 26 heavy (non-hydrogen) atoms. The first-order valence-corrected chi connectivity index (χ1v) is 10.2. The van der Waals surface area contributed by atoms with Gasteiger partial charge in [0.1, 0.15) is 10.8 Å².